The highest BCUT2D eigenvalue weighted by molar-refractivity contribution is 5.95. The summed E-state index contributed by atoms with van der Waals surface area (Å²) in [5.74, 6) is -2.23. The number of fused-ring (bicyclic) bond motifs is 1. The van der Waals surface area contributed by atoms with Crippen LogP contribution in [-0.2, 0) is 13.1 Å². The van der Waals surface area contributed by atoms with E-state index >= 15 is 0 Å². The van der Waals surface area contributed by atoms with E-state index in [1.54, 1.807) is 38.1 Å². The van der Waals surface area contributed by atoms with Crippen LogP contribution in [0.5, 0.6) is 0 Å². The number of aromatic amines is 1. The Morgan fingerprint density at radius 1 is 0.882 bits per heavy atom. The first-order valence-corrected chi connectivity index (χ1v) is 10.5. The van der Waals surface area contributed by atoms with Crippen molar-refractivity contribution in [1.29, 1.82) is 0 Å². The molecule has 0 saturated heterocycles. The minimum absolute atomic E-state index is 0.0375. The Morgan fingerprint density at radius 2 is 1.47 bits per heavy atom. The number of carbonyl (C=O) groups excluding carboxylic acids is 1. The van der Waals surface area contributed by atoms with Crippen molar-refractivity contribution >= 4 is 22.5 Å². The van der Waals surface area contributed by atoms with Crippen LogP contribution >= 0.6 is 0 Å². The molecule has 0 saturated carbocycles. The molecule has 0 atom stereocenters. The van der Waals surface area contributed by atoms with Gasteiger partial charge >= 0.3 is 0 Å². The zero-order valence-corrected chi connectivity index (χ0v) is 18.4. The van der Waals surface area contributed by atoms with Crippen molar-refractivity contribution in [2.45, 2.75) is 26.9 Å². The van der Waals surface area contributed by atoms with Gasteiger partial charge in [-0.1, -0.05) is 24.3 Å². The molecular weight excluding hydrogens is 445 g/mol. The monoisotopic (exact) mass is 466 g/mol. The summed E-state index contributed by atoms with van der Waals surface area (Å²) in [4.78, 5) is 31.9. The number of aryl methyl sites for hydroxylation is 2. The van der Waals surface area contributed by atoms with Crippen LogP contribution < -0.4 is 16.2 Å². The molecule has 0 aliphatic heterocycles. The molecule has 1 heterocycles. The molecule has 1 amide bonds. The number of hydrogen-bond donors (Lipinski definition) is 3. The number of benzene rings is 3. The van der Waals surface area contributed by atoms with Crippen molar-refractivity contribution in [3.05, 3.63) is 104 Å². The second-order valence-corrected chi connectivity index (χ2v) is 7.93. The fourth-order valence-electron chi connectivity index (χ4n) is 3.58. The van der Waals surface area contributed by atoms with Crippen LogP contribution in [0.1, 0.15) is 32.9 Å². The molecule has 34 heavy (non-hydrogen) atoms. The van der Waals surface area contributed by atoms with Crippen LogP contribution in [0.3, 0.4) is 0 Å². The fraction of sp³-hybridized carbons (Fsp3) is 0.160. The Hall–Kier alpha value is -4.14. The van der Waals surface area contributed by atoms with Crippen molar-refractivity contribution in [2.24, 2.45) is 0 Å². The first kappa shape index (κ1) is 23.0. The molecule has 4 aromatic rings. The van der Waals surface area contributed by atoms with Crippen LogP contribution in [0.15, 0.2) is 53.3 Å². The highest BCUT2D eigenvalue weighted by atomic mass is 19.1. The predicted octanol–water partition coefficient (Wildman–Crippen LogP) is 4.50. The maximum atomic E-state index is 14.6. The van der Waals surface area contributed by atoms with E-state index in [9.17, 15) is 22.8 Å². The topological polar surface area (TPSA) is 86.9 Å². The Balaban J connectivity index is 1.57. The van der Waals surface area contributed by atoms with Crippen molar-refractivity contribution in [1.82, 2.24) is 15.3 Å². The van der Waals surface area contributed by atoms with Gasteiger partial charge in [-0.05, 0) is 60.4 Å². The molecule has 1 aromatic heterocycles. The summed E-state index contributed by atoms with van der Waals surface area (Å²) in [7, 11) is 0. The molecule has 0 aliphatic carbocycles. The minimum Gasteiger partial charge on any atom is -0.378 e. The Labute approximate surface area is 192 Å². The molecule has 0 fully saturated rings. The maximum absolute atomic E-state index is 14.6. The van der Waals surface area contributed by atoms with Crippen LogP contribution in [-0.4, -0.2) is 15.9 Å². The number of carbonyl (C=O) groups is 1. The van der Waals surface area contributed by atoms with E-state index in [-0.39, 0.29) is 47.1 Å². The molecule has 4 rings (SSSR count). The number of aromatic nitrogens is 2. The molecule has 3 aromatic carbocycles. The summed E-state index contributed by atoms with van der Waals surface area (Å²) < 4.78 is 41.5. The molecule has 0 aliphatic rings. The Bertz CT molecular complexity index is 1470. The standard InChI is InChI=1S/C25H21F3N4O2/c1-13-9-15(3-5-17(13)26)11-29-22-19(28)7-8-20-21(22)24(33)32-23(31-20)25(34)30-12-16-4-6-18(27)14(2)10-16/h3-10,29H,11-12H2,1-2H3,(H,30,34)(H,31,32,33). The smallest absolute Gasteiger partial charge is 0.287 e. The number of anilines is 1. The number of amides is 1. The lowest BCUT2D eigenvalue weighted by molar-refractivity contribution is 0.0940. The molecule has 174 valence electrons. The zero-order chi connectivity index (χ0) is 24.4. The fourth-order valence-corrected chi connectivity index (χ4v) is 3.58. The van der Waals surface area contributed by atoms with Gasteiger partial charge in [-0.15, -0.1) is 0 Å². The number of nitrogens with zero attached hydrogens (tertiary/aromatic N) is 1. The first-order chi connectivity index (χ1) is 16.2. The number of rotatable bonds is 6. The van der Waals surface area contributed by atoms with E-state index in [2.05, 4.69) is 20.6 Å². The van der Waals surface area contributed by atoms with E-state index in [0.717, 1.165) is 6.07 Å². The maximum Gasteiger partial charge on any atom is 0.287 e. The lowest BCUT2D eigenvalue weighted by atomic mass is 10.1. The molecule has 0 unspecified atom stereocenters. The van der Waals surface area contributed by atoms with E-state index in [1.807, 2.05) is 0 Å². The molecule has 0 spiro atoms. The quantitative estimate of drug-likeness (QED) is 0.391. The van der Waals surface area contributed by atoms with Crippen molar-refractivity contribution in [3.8, 4) is 0 Å². The SMILES string of the molecule is Cc1cc(CNC(=O)c2nc3ccc(F)c(NCc4ccc(F)c(C)c4)c3c(=O)[nH]2)ccc1F. The van der Waals surface area contributed by atoms with Crippen LogP contribution in [0.25, 0.3) is 10.9 Å². The van der Waals surface area contributed by atoms with Gasteiger partial charge < -0.3 is 15.6 Å². The number of nitrogens with one attached hydrogen (secondary N) is 3. The first-order valence-electron chi connectivity index (χ1n) is 10.5. The number of hydrogen-bond acceptors (Lipinski definition) is 4. The second kappa shape index (κ2) is 9.38. The van der Waals surface area contributed by atoms with Crippen LogP contribution in [0.2, 0.25) is 0 Å². The summed E-state index contributed by atoms with van der Waals surface area (Å²) in [6.45, 7) is 3.49. The van der Waals surface area contributed by atoms with Gasteiger partial charge in [0.2, 0.25) is 0 Å². The van der Waals surface area contributed by atoms with Crippen molar-refractivity contribution in [2.75, 3.05) is 5.32 Å². The van der Waals surface area contributed by atoms with Crippen molar-refractivity contribution in [3.63, 3.8) is 0 Å². The number of H-pyrrole nitrogens is 1. The van der Waals surface area contributed by atoms with Gasteiger partial charge in [0, 0.05) is 13.1 Å². The number of halogens is 3. The molecule has 6 nitrogen and oxygen atoms in total. The van der Waals surface area contributed by atoms with E-state index in [0.29, 0.717) is 22.3 Å². The zero-order valence-electron chi connectivity index (χ0n) is 18.4. The van der Waals surface area contributed by atoms with Crippen LogP contribution in [0.4, 0.5) is 18.9 Å². The predicted molar refractivity (Wildman–Crippen MR) is 123 cm³/mol. The third-order valence-corrected chi connectivity index (χ3v) is 5.41. The van der Waals surface area contributed by atoms with Gasteiger partial charge in [0.05, 0.1) is 16.6 Å². The normalized spacial score (nSPS) is 11.0. The summed E-state index contributed by atoms with van der Waals surface area (Å²) in [6.07, 6.45) is 0. The van der Waals surface area contributed by atoms with Gasteiger partial charge in [-0.25, -0.2) is 18.2 Å². The van der Waals surface area contributed by atoms with Crippen LogP contribution in [0, 0.1) is 31.3 Å². The van der Waals surface area contributed by atoms with Gasteiger partial charge in [-0.2, -0.15) is 0 Å². The minimum atomic E-state index is -0.690. The summed E-state index contributed by atoms with van der Waals surface area (Å²) in [5, 5.41) is 5.46. The van der Waals surface area contributed by atoms with E-state index in [1.165, 1.54) is 18.2 Å². The van der Waals surface area contributed by atoms with Crippen molar-refractivity contribution < 1.29 is 18.0 Å². The third-order valence-electron chi connectivity index (χ3n) is 5.41. The summed E-state index contributed by atoms with van der Waals surface area (Å²) in [5.41, 5.74) is 1.65. The Kier molecular flexibility index (Phi) is 6.36. The summed E-state index contributed by atoms with van der Waals surface area (Å²) >= 11 is 0. The molecule has 9 heteroatoms. The second-order valence-electron chi connectivity index (χ2n) is 7.93. The average Bonchev–Trinajstić information content (AvgIpc) is 2.81. The highest BCUT2D eigenvalue weighted by Gasteiger charge is 2.17. The largest absolute Gasteiger partial charge is 0.378 e. The molecule has 0 radical (unpaired) electrons. The summed E-state index contributed by atoms with van der Waals surface area (Å²) in [6, 6.07) is 11.4. The van der Waals surface area contributed by atoms with E-state index < -0.39 is 17.3 Å². The Morgan fingerprint density at radius 3 is 2.09 bits per heavy atom. The van der Waals surface area contributed by atoms with Gasteiger partial charge in [-0.3, -0.25) is 9.59 Å². The average molecular weight is 466 g/mol. The molecular formula is C25H21F3N4O2. The lowest BCUT2D eigenvalue weighted by Crippen LogP contribution is -2.28. The van der Waals surface area contributed by atoms with E-state index in [4.69, 9.17) is 0 Å². The molecule has 3 N–H and O–H groups in total. The third kappa shape index (κ3) is 4.78. The molecule has 0 bridgehead atoms. The van der Waals surface area contributed by atoms with Gasteiger partial charge in [0.25, 0.3) is 11.5 Å². The van der Waals surface area contributed by atoms with Gasteiger partial charge in [0.1, 0.15) is 17.5 Å². The lowest BCUT2D eigenvalue weighted by Gasteiger charge is -2.12. The van der Waals surface area contributed by atoms with Gasteiger partial charge in [0.15, 0.2) is 5.82 Å². The highest BCUT2D eigenvalue weighted by Crippen LogP contribution is 2.23.